The molecule has 3 aromatic rings. The van der Waals surface area contributed by atoms with Gasteiger partial charge in [0.2, 0.25) is 0 Å². The maximum absolute atomic E-state index is 13.2. The van der Waals surface area contributed by atoms with E-state index in [0.717, 1.165) is 11.3 Å². The minimum atomic E-state index is -0.818. The molecule has 7 heteroatoms. The van der Waals surface area contributed by atoms with Crippen LogP contribution in [-0.2, 0) is 4.79 Å². The van der Waals surface area contributed by atoms with E-state index in [2.05, 4.69) is 38.7 Å². The molecule has 0 atom stereocenters. The molecule has 142 valence electrons. The molecule has 0 aliphatic carbocycles. The van der Waals surface area contributed by atoms with Gasteiger partial charge in [-0.1, -0.05) is 18.2 Å². The number of carbonyl (C=O) groups is 2. The fourth-order valence-electron chi connectivity index (χ4n) is 4.28. The van der Waals surface area contributed by atoms with Crippen LogP contribution in [-0.4, -0.2) is 40.0 Å². The van der Waals surface area contributed by atoms with Crippen LogP contribution >= 0.6 is 0 Å². The van der Waals surface area contributed by atoms with Crippen molar-refractivity contribution in [2.24, 2.45) is 0 Å². The SMILES string of the molecule is Cc1cc(N2CCC3(CC2)NC(=O)N(c2ccccc2)C3=O)n2cncc2c1. The lowest BCUT2D eigenvalue weighted by atomic mass is 9.87. The van der Waals surface area contributed by atoms with Gasteiger partial charge in [0.25, 0.3) is 5.91 Å². The Morgan fingerprint density at radius 2 is 1.82 bits per heavy atom. The summed E-state index contributed by atoms with van der Waals surface area (Å²) >= 11 is 0. The Morgan fingerprint density at radius 1 is 1.07 bits per heavy atom. The van der Waals surface area contributed by atoms with Gasteiger partial charge < -0.3 is 10.2 Å². The van der Waals surface area contributed by atoms with Crippen LogP contribution in [0.25, 0.3) is 5.52 Å². The minimum Gasteiger partial charge on any atom is -0.357 e. The number of nitrogens with one attached hydrogen (secondary N) is 1. The smallest absolute Gasteiger partial charge is 0.329 e. The van der Waals surface area contributed by atoms with Crippen molar-refractivity contribution in [2.75, 3.05) is 22.9 Å². The van der Waals surface area contributed by atoms with E-state index in [-0.39, 0.29) is 11.9 Å². The Hall–Kier alpha value is -3.35. The van der Waals surface area contributed by atoms with Crippen LogP contribution in [0.1, 0.15) is 18.4 Å². The lowest BCUT2D eigenvalue weighted by Gasteiger charge is -2.38. The number of para-hydroxylation sites is 1. The van der Waals surface area contributed by atoms with E-state index in [4.69, 9.17) is 0 Å². The van der Waals surface area contributed by atoms with Gasteiger partial charge in [-0.25, -0.2) is 14.7 Å². The molecule has 5 rings (SSSR count). The second-order valence-electron chi connectivity index (χ2n) is 7.55. The molecule has 0 bridgehead atoms. The number of amides is 3. The Balaban J connectivity index is 1.40. The number of anilines is 2. The van der Waals surface area contributed by atoms with Gasteiger partial charge in [-0.3, -0.25) is 9.20 Å². The lowest BCUT2D eigenvalue weighted by molar-refractivity contribution is -0.122. The summed E-state index contributed by atoms with van der Waals surface area (Å²) in [7, 11) is 0. The van der Waals surface area contributed by atoms with Gasteiger partial charge in [0, 0.05) is 13.1 Å². The number of nitrogens with zero attached hydrogens (tertiary/aromatic N) is 4. The predicted octanol–water partition coefficient (Wildman–Crippen LogP) is 2.74. The van der Waals surface area contributed by atoms with E-state index in [9.17, 15) is 9.59 Å². The fourth-order valence-corrected chi connectivity index (χ4v) is 4.28. The molecule has 2 aliphatic rings. The monoisotopic (exact) mass is 375 g/mol. The molecule has 28 heavy (non-hydrogen) atoms. The van der Waals surface area contributed by atoms with Crippen molar-refractivity contribution in [3.8, 4) is 0 Å². The molecule has 4 heterocycles. The van der Waals surface area contributed by atoms with Gasteiger partial charge in [0.15, 0.2) is 0 Å². The molecule has 0 unspecified atom stereocenters. The van der Waals surface area contributed by atoms with Crippen molar-refractivity contribution >= 4 is 29.0 Å². The number of piperidine rings is 1. The lowest BCUT2D eigenvalue weighted by Crippen LogP contribution is -2.55. The van der Waals surface area contributed by atoms with E-state index in [1.54, 1.807) is 12.1 Å². The van der Waals surface area contributed by atoms with Crippen LogP contribution in [0.2, 0.25) is 0 Å². The molecule has 1 aromatic carbocycles. The Morgan fingerprint density at radius 3 is 2.57 bits per heavy atom. The van der Waals surface area contributed by atoms with Gasteiger partial charge in [-0.15, -0.1) is 0 Å². The molecular weight excluding hydrogens is 354 g/mol. The Bertz CT molecular complexity index is 1070. The van der Waals surface area contributed by atoms with E-state index >= 15 is 0 Å². The average molecular weight is 375 g/mol. The molecule has 3 amide bonds. The number of imidazole rings is 1. The molecule has 2 saturated heterocycles. The van der Waals surface area contributed by atoms with Crippen molar-refractivity contribution in [1.29, 1.82) is 0 Å². The van der Waals surface area contributed by atoms with Crippen LogP contribution in [0, 0.1) is 6.92 Å². The van der Waals surface area contributed by atoms with Crippen molar-refractivity contribution in [2.45, 2.75) is 25.3 Å². The zero-order valence-corrected chi connectivity index (χ0v) is 15.6. The maximum atomic E-state index is 13.2. The summed E-state index contributed by atoms with van der Waals surface area (Å²) < 4.78 is 2.07. The summed E-state index contributed by atoms with van der Waals surface area (Å²) in [6.07, 6.45) is 4.81. The van der Waals surface area contributed by atoms with Crippen LogP contribution in [0.5, 0.6) is 0 Å². The summed E-state index contributed by atoms with van der Waals surface area (Å²) in [4.78, 5) is 33.5. The second-order valence-corrected chi connectivity index (χ2v) is 7.55. The normalized spacial score (nSPS) is 18.9. The van der Waals surface area contributed by atoms with Crippen LogP contribution in [0.15, 0.2) is 55.0 Å². The number of pyridine rings is 1. The number of fused-ring (bicyclic) bond motifs is 1. The number of hydrogen-bond donors (Lipinski definition) is 1. The summed E-state index contributed by atoms with van der Waals surface area (Å²) in [5, 5.41) is 2.97. The van der Waals surface area contributed by atoms with E-state index in [0.29, 0.717) is 31.6 Å². The van der Waals surface area contributed by atoms with Gasteiger partial charge >= 0.3 is 6.03 Å². The van der Waals surface area contributed by atoms with Gasteiger partial charge in [-0.05, 0) is 49.6 Å². The highest BCUT2D eigenvalue weighted by Crippen LogP contribution is 2.34. The first-order valence-electron chi connectivity index (χ1n) is 9.47. The summed E-state index contributed by atoms with van der Waals surface area (Å²) in [6, 6.07) is 13.0. The first-order chi connectivity index (χ1) is 13.6. The van der Waals surface area contributed by atoms with E-state index in [1.165, 1.54) is 10.5 Å². The van der Waals surface area contributed by atoms with Crippen molar-refractivity contribution in [1.82, 2.24) is 14.7 Å². The zero-order chi connectivity index (χ0) is 19.3. The first-order valence-corrected chi connectivity index (χ1v) is 9.47. The summed E-state index contributed by atoms with van der Waals surface area (Å²) in [5.74, 6) is 0.916. The number of urea groups is 1. The third kappa shape index (κ3) is 2.46. The second kappa shape index (κ2) is 6.09. The molecule has 1 spiro atoms. The van der Waals surface area contributed by atoms with Gasteiger partial charge in [-0.2, -0.15) is 0 Å². The van der Waals surface area contributed by atoms with Crippen molar-refractivity contribution in [3.05, 3.63) is 60.6 Å². The molecular formula is C21H21N5O2. The fraction of sp³-hybridized carbons (Fsp3) is 0.286. The van der Waals surface area contributed by atoms with Crippen molar-refractivity contribution < 1.29 is 9.59 Å². The predicted molar refractivity (Wildman–Crippen MR) is 107 cm³/mol. The van der Waals surface area contributed by atoms with Gasteiger partial charge in [0.05, 0.1) is 17.4 Å². The molecule has 1 N–H and O–H groups in total. The minimum absolute atomic E-state index is 0.152. The number of imide groups is 1. The topological polar surface area (TPSA) is 70.0 Å². The molecule has 7 nitrogen and oxygen atoms in total. The number of benzene rings is 1. The zero-order valence-electron chi connectivity index (χ0n) is 15.6. The van der Waals surface area contributed by atoms with E-state index < -0.39 is 5.54 Å². The van der Waals surface area contributed by atoms with E-state index in [1.807, 2.05) is 30.7 Å². The van der Waals surface area contributed by atoms with Crippen LogP contribution in [0.4, 0.5) is 16.3 Å². The third-order valence-corrected chi connectivity index (χ3v) is 5.76. The number of hydrogen-bond acceptors (Lipinski definition) is 4. The largest absolute Gasteiger partial charge is 0.357 e. The van der Waals surface area contributed by atoms with Crippen LogP contribution in [0.3, 0.4) is 0 Å². The Kier molecular flexibility index (Phi) is 3.65. The first kappa shape index (κ1) is 16.8. The summed E-state index contributed by atoms with van der Waals surface area (Å²) in [5.41, 5.74) is 2.02. The number of carbonyl (C=O) groups excluding carboxylic acids is 2. The average Bonchev–Trinajstić information content (AvgIpc) is 3.25. The maximum Gasteiger partial charge on any atom is 0.329 e. The molecule has 2 aromatic heterocycles. The highest BCUT2D eigenvalue weighted by molar-refractivity contribution is 6.23. The quantitative estimate of drug-likeness (QED) is 0.699. The third-order valence-electron chi connectivity index (χ3n) is 5.76. The highest BCUT2D eigenvalue weighted by atomic mass is 16.2. The molecule has 0 saturated carbocycles. The Labute approximate surface area is 162 Å². The summed E-state index contributed by atoms with van der Waals surface area (Å²) in [6.45, 7) is 3.44. The molecule has 2 fully saturated rings. The molecule has 2 aliphatic heterocycles. The highest BCUT2D eigenvalue weighted by Gasteiger charge is 2.53. The number of aryl methyl sites for hydroxylation is 1. The molecule has 0 radical (unpaired) electrons. The standard InChI is InChI=1S/C21H21N5O2/c1-15-11-17-13-22-14-25(17)18(12-15)24-9-7-21(8-10-24)19(27)26(20(28)23-21)16-5-3-2-4-6-16/h2-6,11-14H,7-10H2,1H3,(H,23,28). The number of aromatic nitrogens is 2. The van der Waals surface area contributed by atoms with Crippen molar-refractivity contribution in [3.63, 3.8) is 0 Å². The van der Waals surface area contributed by atoms with Crippen LogP contribution < -0.4 is 15.1 Å². The number of rotatable bonds is 2. The van der Waals surface area contributed by atoms with Gasteiger partial charge in [0.1, 0.15) is 17.7 Å².